The van der Waals surface area contributed by atoms with Gasteiger partial charge in [-0.3, -0.25) is 0 Å². The van der Waals surface area contributed by atoms with Gasteiger partial charge in [-0.15, -0.1) is 0 Å². The lowest BCUT2D eigenvalue weighted by atomic mass is 10.1. The number of hydrogen-bond acceptors (Lipinski definition) is 2. The summed E-state index contributed by atoms with van der Waals surface area (Å²) in [6.45, 7) is 2.03. The molecule has 106 valence electrons. The monoisotopic (exact) mass is 344 g/mol. The van der Waals surface area contributed by atoms with Crippen LogP contribution < -0.4 is 0 Å². The number of rotatable bonds is 2. The summed E-state index contributed by atoms with van der Waals surface area (Å²) in [6.07, 6.45) is 0. The minimum Gasteiger partial charge on any atom is -0.478 e. The molecule has 0 spiro atoms. The van der Waals surface area contributed by atoms with Crippen molar-refractivity contribution in [2.24, 2.45) is 7.05 Å². The molecule has 0 atom stereocenters. The topological polar surface area (TPSA) is 55.1 Å². The number of fused-ring (bicyclic) bond motifs is 1. The number of hydrogen-bond donors (Lipinski definition) is 1. The number of halogens is 1. The molecule has 0 aliphatic heterocycles. The Balaban J connectivity index is 2.26. The molecule has 0 bridgehead atoms. The van der Waals surface area contributed by atoms with Crippen molar-refractivity contribution in [3.05, 3.63) is 52.0 Å². The Morgan fingerprint density at radius 1 is 1.24 bits per heavy atom. The normalized spacial score (nSPS) is 11.0. The highest BCUT2D eigenvalue weighted by Crippen LogP contribution is 2.29. The summed E-state index contributed by atoms with van der Waals surface area (Å²) in [7, 11) is 1.94. The molecule has 5 heteroatoms. The largest absolute Gasteiger partial charge is 0.478 e. The van der Waals surface area contributed by atoms with Crippen molar-refractivity contribution in [1.29, 1.82) is 0 Å². The van der Waals surface area contributed by atoms with Crippen LogP contribution in [0.25, 0.3) is 22.4 Å². The van der Waals surface area contributed by atoms with Gasteiger partial charge in [0.25, 0.3) is 0 Å². The maximum Gasteiger partial charge on any atom is 0.335 e. The molecule has 2 aromatic carbocycles. The predicted octanol–water partition coefficient (Wildman–Crippen LogP) is 4.01. The van der Waals surface area contributed by atoms with Crippen LogP contribution in [-0.4, -0.2) is 20.6 Å². The fourth-order valence-electron chi connectivity index (χ4n) is 2.41. The number of aryl methyl sites for hydroxylation is 2. The Morgan fingerprint density at radius 2 is 2.00 bits per heavy atom. The van der Waals surface area contributed by atoms with Crippen molar-refractivity contribution in [1.82, 2.24) is 9.55 Å². The van der Waals surface area contributed by atoms with Gasteiger partial charge in [0.05, 0.1) is 16.6 Å². The molecule has 4 nitrogen and oxygen atoms in total. The Bertz CT molecular complexity index is 868. The van der Waals surface area contributed by atoms with Gasteiger partial charge in [0.15, 0.2) is 0 Å². The van der Waals surface area contributed by atoms with E-state index in [9.17, 15) is 4.79 Å². The number of carboxylic acids is 1. The predicted molar refractivity (Wildman–Crippen MR) is 85.5 cm³/mol. The fraction of sp³-hybridized carbons (Fsp3) is 0.125. The van der Waals surface area contributed by atoms with Crippen LogP contribution in [0.15, 0.2) is 40.9 Å². The zero-order chi connectivity index (χ0) is 15.1. The molecule has 0 radical (unpaired) electrons. The van der Waals surface area contributed by atoms with Gasteiger partial charge in [-0.2, -0.15) is 0 Å². The second-order valence-electron chi connectivity index (χ2n) is 4.96. The first kappa shape index (κ1) is 13.8. The zero-order valence-corrected chi connectivity index (χ0v) is 13.2. The fourth-order valence-corrected chi connectivity index (χ4v) is 2.77. The second-order valence-corrected chi connectivity index (χ2v) is 5.88. The molecule has 3 aromatic rings. The van der Waals surface area contributed by atoms with Gasteiger partial charge in [0.1, 0.15) is 5.82 Å². The van der Waals surface area contributed by atoms with E-state index in [1.807, 2.05) is 36.7 Å². The van der Waals surface area contributed by atoms with Crippen LogP contribution in [0.1, 0.15) is 15.9 Å². The molecule has 3 rings (SSSR count). The lowest BCUT2D eigenvalue weighted by Gasteiger charge is -2.06. The summed E-state index contributed by atoms with van der Waals surface area (Å²) in [5, 5.41) is 9.08. The second kappa shape index (κ2) is 5.00. The standard InChI is InChI=1S/C16H13BrN2O2/c1-9-3-5-11(17)8-12(9)15-18-13-7-10(16(20)21)4-6-14(13)19(15)2/h3-8H,1-2H3,(H,20,21). The first-order valence-electron chi connectivity index (χ1n) is 6.43. The first-order chi connectivity index (χ1) is 9.97. The third kappa shape index (κ3) is 2.34. The van der Waals surface area contributed by atoms with Crippen molar-refractivity contribution < 1.29 is 9.90 Å². The number of aromatic carboxylic acids is 1. The average Bonchev–Trinajstić information content (AvgIpc) is 2.78. The summed E-state index contributed by atoms with van der Waals surface area (Å²) in [5.41, 5.74) is 3.99. The molecule has 21 heavy (non-hydrogen) atoms. The summed E-state index contributed by atoms with van der Waals surface area (Å²) >= 11 is 3.48. The minimum atomic E-state index is -0.942. The Kier molecular flexibility index (Phi) is 3.29. The van der Waals surface area contributed by atoms with Gasteiger partial charge in [-0.25, -0.2) is 9.78 Å². The van der Waals surface area contributed by atoms with Crippen LogP contribution in [0, 0.1) is 6.92 Å². The van der Waals surface area contributed by atoms with Crippen LogP contribution in [0.4, 0.5) is 0 Å². The van der Waals surface area contributed by atoms with E-state index in [1.165, 1.54) is 0 Å². The van der Waals surface area contributed by atoms with Crippen molar-refractivity contribution in [2.75, 3.05) is 0 Å². The number of imidazole rings is 1. The average molecular weight is 345 g/mol. The molecule has 0 aliphatic rings. The highest BCUT2D eigenvalue weighted by molar-refractivity contribution is 9.10. The molecule has 1 aromatic heterocycles. The molecule has 0 amide bonds. The van der Waals surface area contributed by atoms with E-state index >= 15 is 0 Å². The van der Waals surface area contributed by atoms with Gasteiger partial charge in [0.2, 0.25) is 0 Å². The number of nitrogens with zero attached hydrogens (tertiary/aromatic N) is 2. The third-order valence-corrected chi connectivity index (χ3v) is 4.06. The van der Waals surface area contributed by atoms with Gasteiger partial charge in [-0.1, -0.05) is 22.0 Å². The molecule has 0 fully saturated rings. The molecular weight excluding hydrogens is 332 g/mol. The summed E-state index contributed by atoms with van der Waals surface area (Å²) < 4.78 is 2.97. The van der Waals surface area contributed by atoms with E-state index in [0.717, 1.165) is 26.9 Å². The quantitative estimate of drug-likeness (QED) is 0.764. The van der Waals surface area contributed by atoms with Gasteiger partial charge in [0, 0.05) is 17.1 Å². The molecule has 0 saturated heterocycles. The first-order valence-corrected chi connectivity index (χ1v) is 7.23. The molecule has 0 unspecified atom stereocenters. The van der Waals surface area contributed by atoms with Crippen molar-refractivity contribution in [3.63, 3.8) is 0 Å². The summed E-state index contributed by atoms with van der Waals surface area (Å²) in [5.74, 6) is -0.117. The number of carbonyl (C=O) groups is 1. The zero-order valence-electron chi connectivity index (χ0n) is 11.6. The molecule has 1 heterocycles. The van der Waals surface area contributed by atoms with E-state index in [2.05, 4.69) is 20.9 Å². The number of aromatic nitrogens is 2. The summed E-state index contributed by atoms with van der Waals surface area (Å²) in [4.78, 5) is 15.7. The third-order valence-electron chi connectivity index (χ3n) is 3.57. The number of benzene rings is 2. The Morgan fingerprint density at radius 3 is 2.71 bits per heavy atom. The SMILES string of the molecule is Cc1ccc(Br)cc1-c1nc2cc(C(=O)O)ccc2n1C. The van der Waals surface area contributed by atoms with E-state index < -0.39 is 5.97 Å². The maximum atomic E-state index is 11.1. The molecule has 0 aliphatic carbocycles. The van der Waals surface area contributed by atoms with Gasteiger partial charge < -0.3 is 9.67 Å². The van der Waals surface area contributed by atoms with Crippen molar-refractivity contribution in [2.45, 2.75) is 6.92 Å². The molecular formula is C16H13BrN2O2. The van der Waals surface area contributed by atoms with Gasteiger partial charge in [-0.05, 0) is 42.8 Å². The molecule has 1 N–H and O–H groups in total. The highest BCUT2D eigenvalue weighted by Gasteiger charge is 2.14. The lowest BCUT2D eigenvalue weighted by Crippen LogP contribution is -1.96. The maximum absolute atomic E-state index is 11.1. The van der Waals surface area contributed by atoms with Crippen LogP contribution in [0.2, 0.25) is 0 Å². The minimum absolute atomic E-state index is 0.248. The van der Waals surface area contributed by atoms with Crippen LogP contribution in [-0.2, 0) is 7.05 Å². The van der Waals surface area contributed by atoms with E-state index in [1.54, 1.807) is 18.2 Å². The van der Waals surface area contributed by atoms with Crippen LogP contribution >= 0.6 is 15.9 Å². The Labute approximate surface area is 130 Å². The highest BCUT2D eigenvalue weighted by atomic mass is 79.9. The van der Waals surface area contributed by atoms with Gasteiger partial charge >= 0.3 is 5.97 Å². The van der Waals surface area contributed by atoms with Crippen molar-refractivity contribution >= 4 is 32.9 Å². The lowest BCUT2D eigenvalue weighted by molar-refractivity contribution is 0.0697. The molecule has 0 saturated carbocycles. The van der Waals surface area contributed by atoms with E-state index in [4.69, 9.17) is 5.11 Å². The van der Waals surface area contributed by atoms with E-state index in [0.29, 0.717) is 5.52 Å². The van der Waals surface area contributed by atoms with Crippen molar-refractivity contribution in [3.8, 4) is 11.4 Å². The smallest absolute Gasteiger partial charge is 0.335 e. The Hall–Kier alpha value is -2.14. The van der Waals surface area contributed by atoms with E-state index in [-0.39, 0.29) is 5.56 Å². The number of carboxylic acid groups (broad SMARTS) is 1. The van der Waals surface area contributed by atoms with Crippen LogP contribution in [0.3, 0.4) is 0 Å². The summed E-state index contributed by atoms with van der Waals surface area (Å²) in [6, 6.07) is 11.0. The van der Waals surface area contributed by atoms with Crippen LogP contribution in [0.5, 0.6) is 0 Å².